The molecule has 2 aliphatic heterocycles. The molecule has 2 fully saturated rings. The van der Waals surface area contributed by atoms with E-state index in [1.165, 1.54) is 0 Å². The lowest BCUT2D eigenvalue weighted by Crippen LogP contribution is -2.06. The number of hydrogen-bond donors (Lipinski definition) is 0. The molecule has 0 aliphatic carbocycles. The fraction of sp³-hybridized carbons (Fsp3) is 0.667. The van der Waals surface area contributed by atoms with Gasteiger partial charge in [0.05, 0.1) is 18.1 Å². The van der Waals surface area contributed by atoms with Gasteiger partial charge >= 0.3 is 5.97 Å². The maximum atomic E-state index is 11.2. The number of allylic oxidation sites excluding steroid dienone is 1. The molecule has 0 saturated carbocycles. The van der Waals surface area contributed by atoms with Gasteiger partial charge in [-0.25, -0.2) is 4.79 Å². The minimum atomic E-state index is -0.217. The van der Waals surface area contributed by atoms with Crippen molar-refractivity contribution in [1.82, 2.24) is 0 Å². The number of cyclic esters (lactones) is 1. The van der Waals surface area contributed by atoms with Crippen LogP contribution in [0.15, 0.2) is 11.3 Å². The highest BCUT2D eigenvalue weighted by molar-refractivity contribution is 6.18. The van der Waals surface area contributed by atoms with E-state index < -0.39 is 0 Å². The third-order valence-electron chi connectivity index (χ3n) is 2.34. The number of hydrogen-bond acceptors (Lipinski definition) is 3. The number of rotatable bonds is 1. The number of esters is 1. The largest absolute Gasteiger partial charge is 0.493 e. The topological polar surface area (TPSA) is 35.5 Å². The third kappa shape index (κ3) is 1.66. The summed E-state index contributed by atoms with van der Waals surface area (Å²) in [6.07, 6.45) is 2.50. The zero-order chi connectivity index (χ0) is 9.26. The van der Waals surface area contributed by atoms with Crippen molar-refractivity contribution in [3.05, 3.63) is 11.3 Å². The number of halogens is 1. The van der Waals surface area contributed by atoms with E-state index in [9.17, 15) is 4.79 Å². The molecule has 0 spiro atoms. The molecule has 3 nitrogen and oxygen atoms in total. The first kappa shape index (κ1) is 8.88. The molecule has 0 aromatic heterocycles. The molecule has 0 N–H and O–H groups in total. The van der Waals surface area contributed by atoms with Crippen LogP contribution >= 0.6 is 11.6 Å². The van der Waals surface area contributed by atoms with Crippen LogP contribution in [-0.2, 0) is 14.3 Å². The summed E-state index contributed by atoms with van der Waals surface area (Å²) in [6, 6.07) is 0. The maximum Gasteiger partial charge on any atom is 0.337 e. The lowest BCUT2D eigenvalue weighted by atomic mass is 10.1. The van der Waals surface area contributed by atoms with Crippen LogP contribution < -0.4 is 0 Å². The molecule has 1 atom stereocenters. The highest BCUT2D eigenvalue weighted by atomic mass is 35.5. The fourth-order valence-corrected chi connectivity index (χ4v) is 1.85. The van der Waals surface area contributed by atoms with E-state index in [-0.39, 0.29) is 12.1 Å². The van der Waals surface area contributed by atoms with Crippen molar-refractivity contribution in [2.75, 3.05) is 12.5 Å². The zero-order valence-corrected chi connectivity index (χ0v) is 7.97. The Labute approximate surface area is 81.6 Å². The average Bonchev–Trinajstić information content (AvgIpc) is 2.71. The van der Waals surface area contributed by atoms with Gasteiger partial charge in [0.2, 0.25) is 0 Å². The standard InChI is InChI=1S/C9H11ClO3/c10-5-6-1-2-8(13-6)7-3-4-12-9(7)11/h6H,1-5H2/b8-7+. The molecule has 0 amide bonds. The van der Waals surface area contributed by atoms with Crippen LogP contribution in [0.25, 0.3) is 0 Å². The SMILES string of the molecule is O=C1OCC/C1=C1/CCC(CCl)O1. The fourth-order valence-electron chi connectivity index (χ4n) is 1.63. The van der Waals surface area contributed by atoms with Gasteiger partial charge < -0.3 is 9.47 Å². The first-order valence-corrected chi connectivity index (χ1v) is 4.96. The molecule has 0 aromatic carbocycles. The molecule has 1 unspecified atom stereocenters. The molecule has 0 aromatic rings. The predicted molar refractivity (Wildman–Crippen MR) is 47.4 cm³/mol. The minimum Gasteiger partial charge on any atom is -0.493 e. The van der Waals surface area contributed by atoms with E-state index in [0.717, 1.165) is 18.6 Å². The van der Waals surface area contributed by atoms with Gasteiger partial charge in [-0.1, -0.05) is 0 Å². The van der Waals surface area contributed by atoms with Gasteiger partial charge in [0.25, 0.3) is 0 Å². The van der Waals surface area contributed by atoms with Crippen molar-refractivity contribution in [3.63, 3.8) is 0 Å². The van der Waals surface area contributed by atoms with E-state index in [1.807, 2.05) is 0 Å². The first-order valence-electron chi connectivity index (χ1n) is 4.43. The summed E-state index contributed by atoms with van der Waals surface area (Å²) in [6.45, 7) is 0.493. The monoisotopic (exact) mass is 202 g/mol. The minimum absolute atomic E-state index is 0.0811. The van der Waals surface area contributed by atoms with Crippen molar-refractivity contribution in [3.8, 4) is 0 Å². The van der Waals surface area contributed by atoms with Gasteiger partial charge in [-0.3, -0.25) is 0 Å². The molecule has 2 saturated heterocycles. The van der Waals surface area contributed by atoms with E-state index in [2.05, 4.69) is 0 Å². The number of carbonyl (C=O) groups excluding carboxylic acids is 1. The second kappa shape index (κ2) is 3.58. The number of carbonyl (C=O) groups is 1. The first-order chi connectivity index (χ1) is 6.31. The lowest BCUT2D eigenvalue weighted by molar-refractivity contribution is -0.135. The normalized spacial score (nSPS) is 33.3. The maximum absolute atomic E-state index is 11.2. The van der Waals surface area contributed by atoms with E-state index in [0.29, 0.717) is 24.5 Å². The molecule has 2 rings (SSSR count). The van der Waals surface area contributed by atoms with E-state index in [4.69, 9.17) is 21.1 Å². The third-order valence-corrected chi connectivity index (χ3v) is 2.69. The van der Waals surface area contributed by atoms with Crippen molar-refractivity contribution in [1.29, 1.82) is 0 Å². The van der Waals surface area contributed by atoms with Crippen LogP contribution in [0.2, 0.25) is 0 Å². The molecule has 2 aliphatic rings. The Bertz CT molecular complexity index is 260. The summed E-state index contributed by atoms with van der Waals surface area (Å²) in [4.78, 5) is 11.2. The molecule has 72 valence electrons. The zero-order valence-electron chi connectivity index (χ0n) is 7.22. The molecule has 4 heteroatoms. The van der Waals surface area contributed by atoms with Crippen LogP contribution in [0.3, 0.4) is 0 Å². The second-order valence-electron chi connectivity index (χ2n) is 3.22. The smallest absolute Gasteiger partial charge is 0.337 e. The Kier molecular flexibility index (Phi) is 2.44. The summed E-state index contributed by atoms with van der Waals surface area (Å²) in [5, 5.41) is 0. The van der Waals surface area contributed by atoms with E-state index in [1.54, 1.807) is 0 Å². The molecule has 13 heavy (non-hydrogen) atoms. The van der Waals surface area contributed by atoms with Gasteiger partial charge in [-0.15, -0.1) is 11.6 Å². The molecule has 0 radical (unpaired) electrons. The highest BCUT2D eigenvalue weighted by Gasteiger charge is 2.29. The van der Waals surface area contributed by atoms with Gasteiger partial charge in [-0.05, 0) is 6.42 Å². The van der Waals surface area contributed by atoms with Crippen LogP contribution in [-0.4, -0.2) is 24.6 Å². The summed E-state index contributed by atoms with van der Waals surface area (Å²) in [5.41, 5.74) is 0.715. The molecular formula is C9H11ClO3. The summed E-state index contributed by atoms with van der Waals surface area (Å²) in [5.74, 6) is 1.07. The second-order valence-corrected chi connectivity index (χ2v) is 3.53. The summed E-state index contributed by atoms with van der Waals surface area (Å²) < 4.78 is 10.3. The van der Waals surface area contributed by atoms with Crippen LogP contribution in [0.5, 0.6) is 0 Å². The van der Waals surface area contributed by atoms with Crippen LogP contribution in [0, 0.1) is 0 Å². The Morgan fingerprint density at radius 2 is 2.31 bits per heavy atom. The van der Waals surface area contributed by atoms with Gasteiger partial charge in [0, 0.05) is 12.8 Å². The Hall–Kier alpha value is -0.700. The Balaban J connectivity index is 2.12. The van der Waals surface area contributed by atoms with Crippen LogP contribution in [0.4, 0.5) is 0 Å². The van der Waals surface area contributed by atoms with Crippen molar-refractivity contribution in [2.24, 2.45) is 0 Å². The summed E-state index contributed by atoms with van der Waals surface area (Å²) in [7, 11) is 0. The molecule has 0 bridgehead atoms. The molecular weight excluding hydrogens is 192 g/mol. The highest BCUT2D eigenvalue weighted by Crippen LogP contribution is 2.30. The number of ether oxygens (including phenoxy) is 2. The van der Waals surface area contributed by atoms with E-state index >= 15 is 0 Å². The Morgan fingerprint density at radius 3 is 2.85 bits per heavy atom. The van der Waals surface area contributed by atoms with Gasteiger partial charge in [0.15, 0.2) is 0 Å². The van der Waals surface area contributed by atoms with Crippen molar-refractivity contribution >= 4 is 17.6 Å². The summed E-state index contributed by atoms with van der Waals surface area (Å²) >= 11 is 5.65. The quantitative estimate of drug-likeness (QED) is 0.368. The molecule has 2 heterocycles. The Morgan fingerprint density at radius 1 is 1.46 bits per heavy atom. The van der Waals surface area contributed by atoms with Crippen molar-refractivity contribution < 1.29 is 14.3 Å². The predicted octanol–water partition coefficient (Wildman–Crippen LogP) is 1.61. The van der Waals surface area contributed by atoms with Crippen molar-refractivity contribution in [2.45, 2.75) is 25.4 Å². The number of alkyl halides is 1. The van der Waals surface area contributed by atoms with Gasteiger partial charge in [-0.2, -0.15) is 0 Å². The van der Waals surface area contributed by atoms with Gasteiger partial charge in [0.1, 0.15) is 11.9 Å². The lowest BCUT2D eigenvalue weighted by Gasteiger charge is -2.06. The van der Waals surface area contributed by atoms with Crippen LogP contribution in [0.1, 0.15) is 19.3 Å². The average molecular weight is 203 g/mol.